The van der Waals surface area contributed by atoms with Crippen LogP contribution in [-0.2, 0) is 32.1 Å². The molecule has 0 heterocycles. The van der Waals surface area contributed by atoms with E-state index in [1.807, 2.05) is 36.4 Å². The van der Waals surface area contributed by atoms with E-state index >= 15 is 0 Å². The zero-order chi connectivity index (χ0) is 52.5. The van der Waals surface area contributed by atoms with E-state index in [0.29, 0.717) is 69.2 Å². The minimum Gasteiger partial charge on any atom is -0.406 e. The molecule has 8 rings (SSSR count). The van der Waals surface area contributed by atoms with Gasteiger partial charge in [0.05, 0.1) is 5.56 Å². The number of hydrogen-bond donors (Lipinski definition) is 0. The van der Waals surface area contributed by atoms with Crippen LogP contribution in [0.1, 0.15) is 110 Å². The second-order valence-electron chi connectivity index (χ2n) is 18.0. The number of carbonyl (C=O) groups excluding carboxylic acids is 2. The summed E-state index contributed by atoms with van der Waals surface area (Å²) < 4.78 is 137. The highest BCUT2D eigenvalue weighted by Gasteiger charge is 2.34. The molecule has 0 spiro atoms. The van der Waals surface area contributed by atoms with Gasteiger partial charge in [0.25, 0.3) is 11.8 Å². The fourth-order valence-corrected chi connectivity index (χ4v) is 8.99. The lowest BCUT2D eigenvalue weighted by atomic mass is 9.80. The number of carbonyl (C=O) groups is 2. The maximum atomic E-state index is 14.0. The smallest absolute Gasteiger partial charge is 0.406 e. The number of benzene rings is 6. The van der Waals surface area contributed by atoms with Gasteiger partial charge in [-0.2, -0.15) is 13.2 Å². The summed E-state index contributed by atoms with van der Waals surface area (Å²) in [6.45, 7) is 0.590. The number of alkyl halides is 9. The lowest BCUT2D eigenvalue weighted by Gasteiger charge is -2.27. The summed E-state index contributed by atoms with van der Waals surface area (Å²) in [4.78, 5) is 29.6. The van der Waals surface area contributed by atoms with E-state index in [9.17, 15) is 53.5 Å². The SMILES string of the molecule is O=C(c1cc(Cl)cc(Cl)c1)N(CCc1cccc(OC(F)(F)F)c1)Cc1ccc(C2CCC2)cc1.O=C(c1cc(F)cc(C(F)(F)F)c1)N(CCc1cccc(OC(F)(F)F)c1)Cc1ccc(C2CCC2)cc1. The quantitative estimate of drug-likeness (QED) is 0.0907. The molecule has 2 aliphatic rings. The fraction of sp³-hybridized carbons (Fsp3) is 0.309. The largest absolute Gasteiger partial charge is 0.573 e. The predicted molar refractivity (Wildman–Crippen MR) is 257 cm³/mol. The summed E-state index contributed by atoms with van der Waals surface area (Å²) in [6.07, 6.45) is -7.03. The minimum atomic E-state index is -4.88. The Morgan fingerprint density at radius 3 is 1.29 bits per heavy atom. The van der Waals surface area contributed by atoms with Crippen molar-refractivity contribution < 1.29 is 63.0 Å². The van der Waals surface area contributed by atoms with Crippen molar-refractivity contribution in [1.82, 2.24) is 9.80 Å². The summed E-state index contributed by atoms with van der Waals surface area (Å²) in [5, 5.41) is 0.699. The molecular weight excluding hydrogens is 1010 g/mol. The Hall–Kier alpha value is -6.26. The summed E-state index contributed by atoms with van der Waals surface area (Å²) in [7, 11) is 0. The van der Waals surface area contributed by atoms with Crippen molar-refractivity contribution >= 4 is 35.0 Å². The highest BCUT2D eigenvalue weighted by molar-refractivity contribution is 6.35. The van der Waals surface area contributed by atoms with E-state index in [4.69, 9.17) is 23.2 Å². The molecule has 18 heteroatoms. The zero-order valence-electron chi connectivity index (χ0n) is 38.9. The van der Waals surface area contributed by atoms with Gasteiger partial charge in [0.1, 0.15) is 17.3 Å². The van der Waals surface area contributed by atoms with Gasteiger partial charge >= 0.3 is 18.9 Å². The Bertz CT molecular complexity index is 2810. The molecule has 386 valence electrons. The van der Waals surface area contributed by atoms with Gasteiger partial charge in [0.2, 0.25) is 0 Å². The van der Waals surface area contributed by atoms with Gasteiger partial charge in [-0.05, 0) is 144 Å². The molecule has 0 atom stereocenters. The van der Waals surface area contributed by atoms with Gasteiger partial charge in [0, 0.05) is 47.4 Å². The van der Waals surface area contributed by atoms with E-state index in [1.54, 1.807) is 35.2 Å². The van der Waals surface area contributed by atoms with Crippen molar-refractivity contribution in [2.24, 2.45) is 0 Å². The van der Waals surface area contributed by atoms with E-state index in [2.05, 4.69) is 21.6 Å². The van der Waals surface area contributed by atoms with Gasteiger partial charge in [-0.1, -0.05) is 109 Å². The van der Waals surface area contributed by atoms with Crippen LogP contribution in [0.15, 0.2) is 133 Å². The number of rotatable bonds is 16. The molecule has 0 saturated heterocycles. The van der Waals surface area contributed by atoms with E-state index < -0.39 is 47.5 Å². The fourth-order valence-electron chi connectivity index (χ4n) is 8.46. The van der Waals surface area contributed by atoms with Crippen LogP contribution in [0.3, 0.4) is 0 Å². The molecule has 2 fully saturated rings. The molecule has 73 heavy (non-hydrogen) atoms. The second-order valence-corrected chi connectivity index (χ2v) is 18.8. The van der Waals surface area contributed by atoms with E-state index in [1.165, 1.54) is 65.6 Å². The molecule has 0 aliphatic heterocycles. The Morgan fingerprint density at radius 1 is 0.507 bits per heavy atom. The van der Waals surface area contributed by atoms with E-state index in [-0.39, 0.29) is 37.7 Å². The first kappa shape index (κ1) is 54.5. The third-order valence-electron chi connectivity index (χ3n) is 12.6. The molecule has 0 N–H and O–H groups in total. The summed E-state index contributed by atoms with van der Waals surface area (Å²) >= 11 is 12.2. The Balaban J connectivity index is 0.000000214. The Labute approximate surface area is 425 Å². The van der Waals surface area contributed by atoms with E-state index in [0.717, 1.165) is 37.0 Å². The molecule has 2 aliphatic carbocycles. The highest BCUT2D eigenvalue weighted by Crippen LogP contribution is 2.38. The monoisotopic (exact) mass is 1060 g/mol. The minimum absolute atomic E-state index is 0.0143. The van der Waals surface area contributed by atoms with Crippen LogP contribution in [0.4, 0.5) is 43.9 Å². The maximum Gasteiger partial charge on any atom is 0.573 e. The molecule has 0 unspecified atom stereocenters. The van der Waals surface area contributed by atoms with Gasteiger partial charge < -0.3 is 19.3 Å². The number of amides is 2. The van der Waals surface area contributed by atoms with Crippen molar-refractivity contribution in [3.63, 3.8) is 0 Å². The van der Waals surface area contributed by atoms with Gasteiger partial charge in [-0.15, -0.1) is 26.3 Å². The van der Waals surface area contributed by atoms with Crippen molar-refractivity contribution in [2.45, 2.75) is 95.2 Å². The zero-order valence-corrected chi connectivity index (χ0v) is 40.4. The molecule has 0 radical (unpaired) electrons. The van der Waals surface area contributed by atoms with Gasteiger partial charge in [0.15, 0.2) is 0 Å². The first-order chi connectivity index (χ1) is 34.5. The van der Waals surface area contributed by atoms with Crippen LogP contribution in [-0.4, -0.2) is 47.4 Å². The number of hydrogen-bond acceptors (Lipinski definition) is 4. The molecular formula is C55H48Cl2F10N2O4. The number of ether oxygens (including phenoxy) is 2. The molecule has 6 nitrogen and oxygen atoms in total. The van der Waals surface area contributed by atoms with Crippen molar-refractivity contribution in [2.75, 3.05) is 13.1 Å². The topological polar surface area (TPSA) is 59.1 Å². The van der Waals surface area contributed by atoms with Gasteiger partial charge in [-0.25, -0.2) is 4.39 Å². The molecule has 0 bridgehead atoms. The second kappa shape index (κ2) is 23.7. The van der Waals surface area contributed by atoms with Crippen LogP contribution in [0.5, 0.6) is 11.5 Å². The van der Waals surface area contributed by atoms with Gasteiger partial charge in [-0.3, -0.25) is 9.59 Å². The third kappa shape index (κ3) is 16.4. The van der Waals surface area contributed by atoms with Crippen molar-refractivity contribution in [3.8, 4) is 11.5 Å². The van der Waals surface area contributed by atoms with Crippen LogP contribution < -0.4 is 9.47 Å². The highest BCUT2D eigenvalue weighted by atomic mass is 35.5. The van der Waals surface area contributed by atoms with Crippen LogP contribution in [0.25, 0.3) is 0 Å². The average Bonchev–Trinajstić information content (AvgIpc) is 3.27. The molecule has 2 saturated carbocycles. The Kier molecular flexibility index (Phi) is 17.7. The lowest BCUT2D eigenvalue weighted by Crippen LogP contribution is -2.33. The number of halogens is 12. The summed E-state index contributed by atoms with van der Waals surface area (Å²) in [5.74, 6) is -1.92. The maximum absolute atomic E-state index is 14.0. The van der Waals surface area contributed by atoms with Crippen molar-refractivity contribution in [1.29, 1.82) is 0 Å². The molecule has 6 aromatic rings. The third-order valence-corrected chi connectivity index (χ3v) is 13.1. The average molecular weight is 1060 g/mol. The normalized spacial score (nSPS) is 14.0. The number of nitrogens with zero attached hydrogens (tertiary/aromatic N) is 2. The molecule has 2 amide bonds. The predicted octanol–water partition coefficient (Wildman–Crippen LogP) is 15.9. The lowest BCUT2D eigenvalue weighted by molar-refractivity contribution is -0.275. The summed E-state index contributed by atoms with van der Waals surface area (Å²) in [6, 6.07) is 33.1. The van der Waals surface area contributed by atoms with Crippen LogP contribution in [0, 0.1) is 5.82 Å². The standard InChI is InChI=1S/C28H24F7NO2.C27H24Cl2F3NO2/c29-24-15-22(14-23(16-24)27(30,31)32)26(37)36(17-19-7-9-21(10-8-19)20-4-2-5-20)12-11-18-3-1-6-25(13-18)38-28(33,34)35;28-23-14-22(15-24(29)16-23)26(34)33(17-19-7-9-21(10-8-19)20-4-2-5-20)12-11-18-3-1-6-25(13-18)35-27(30,31)32/h1,3,6-10,13-16,20H,2,4-5,11-12,17H2;1,3,6-10,13-16,20H,2,4-5,11-12,17H2. The summed E-state index contributed by atoms with van der Waals surface area (Å²) in [5.41, 5.74) is 3.77. The molecule has 0 aromatic heterocycles. The Morgan fingerprint density at radius 2 is 0.918 bits per heavy atom. The van der Waals surface area contributed by atoms with Crippen molar-refractivity contribution in [3.05, 3.63) is 199 Å². The molecule has 6 aromatic carbocycles. The first-order valence-corrected chi connectivity index (χ1v) is 24.1. The van der Waals surface area contributed by atoms with Crippen LogP contribution >= 0.6 is 23.2 Å². The first-order valence-electron chi connectivity index (χ1n) is 23.3. The van der Waals surface area contributed by atoms with Crippen LogP contribution in [0.2, 0.25) is 10.0 Å².